The van der Waals surface area contributed by atoms with Gasteiger partial charge in [-0.15, -0.1) is 35.7 Å². The normalized spacial score (nSPS) is 11.4. The molecule has 4 aromatic carbocycles. The number of hydrogen-bond acceptors (Lipinski definition) is 5. The second kappa shape index (κ2) is 13.7. The molecule has 8 heteroatoms. The Hall–Kier alpha value is -4.87. The molecule has 0 aliphatic carbocycles. The van der Waals surface area contributed by atoms with E-state index < -0.39 is 0 Å². The molecule has 3 heterocycles. The van der Waals surface area contributed by atoms with Crippen molar-refractivity contribution in [1.82, 2.24) is 19.3 Å². The van der Waals surface area contributed by atoms with Crippen LogP contribution in [0.2, 0.25) is 0 Å². The van der Waals surface area contributed by atoms with Crippen molar-refractivity contribution < 1.29 is 35.3 Å². The van der Waals surface area contributed by atoms with Gasteiger partial charge >= 0.3 is 21.1 Å². The predicted molar refractivity (Wildman–Crippen MR) is 186 cm³/mol. The van der Waals surface area contributed by atoms with Gasteiger partial charge in [-0.1, -0.05) is 50.6 Å². The van der Waals surface area contributed by atoms with Crippen LogP contribution in [-0.2, 0) is 26.5 Å². The zero-order valence-electron chi connectivity index (χ0n) is 27.6. The third kappa shape index (κ3) is 6.35. The van der Waals surface area contributed by atoms with Crippen LogP contribution in [0, 0.1) is 12.1 Å². The van der Waals surface area contributed by atoms with Crippen LogP contribution < -0.4 is 14.2 Å². The first-order chi connectivity index (χ1) is 22.8. The van der Waals surface area contributed by atoms with Crippen LogP contribution in [0.3, 0.4) is 0 Å². The molecule has 0 saturated heterocycles. The average Bonchev–Trinajstić information content (AvgIpc) is 3.68. The molecule has 0 amide bonds. The first-order valence-corrected chi connectivity index (χ1v) is 15.9. The number of rotatable bonds is 9. The van der Waals surface area contributed by atoms with Gasteiger partial charge in [-0.25, -0.2) is 4.98 Å². The van der Waals surface area contributed by atoms with Crippen molar-refractivity contribution in [2.24, 2.45) is 0 Å². The fourth-order valence-corrected chi connectivity index (χ4v) is 5.86. The summed E-state index contributed by atoms with van der Waals surface area (Å²) < 4.78 is 22.2. The van der Waals surface area contributed by atoms with Crippen LogP contribution in [0.25, 0.3) is 44.4 Å². The van der Waals surface area contributed by atoms with Crippen molar-refractivity contribution in [3.05, 3.63) is 121 Å². The minimum atomic E-state index is -0.0110. The van der Waals surface area contributed by atoms with Crippen molar-refractivity contribution in [1.29, 1.82) is 0 Å². The topological polar surface area (TPSA) is 63.3 Å². The van der Waals surface area contributed by atoms with Crippen LogP contribution in [-0.4, -0.2) is 32.5 Å². The summed E-state index contributed by atoms with van der Waals surface area (Å²) in [6, 6.07) is 35.1. The Bertz CT molecular complexity index is 2190. The van der Waals surface area contributed by atoms with Gasteiger partial charge in [0.15, 0.2) is 0 Å². The van der Waals surface area contributed by atoms with E-state index in [-0.39, 0.29) is 26.5 Å². The number of pyridine rings is 1. The van der Waals surface area contributed by atoms with Crippen LogP contribution in [0.5, 0.6) is 23.0 Å². The van der Waals surface area contributed by atoms with Crippen LogP contribution in [0.1, 0.15) is 40.2 Å². The molecule has 7 nitrogen and oxygen atoms in total. The van der Waals surface area contributed by atoms with E-state index in [4.69, 9.17) is 19.2 Å². The van der Waals surface area contributed by atoms with E-state index in [1.807, 2.05) is 74.9 Å². The molecule has 0 aliphatic rings. The zero-order valence-corrected chi connectivity index (χ0v) is 29.8. The first-order valence-electron chi connectivity index (χ1n) is 15.9. The largest absolute Gasteiger partial charge is 2.00 e. The quantitative estimate of drug-likeness (QED) is 0.136. The molecule has 0 fully saturated rings. The second-order valence-corrected chi connectivity index (χ2v) is 12.3. The maximum Gasteiger partial charge on any atom is 2.00 e. The van der Waals surface area contributed by atoms with E-state index >= 15 is 0 Å². The summed E-state index contributed by atoms with van der Waals surface area (Å²) in [6.45, 7) is 11.7. The Morgan fingerprint density at radius 2 is 1.50 bits per heavy atom. The van der Waals surface area contributed by atoms with Gasteiger partial charge in [0.2, 0.25) is 0 Å². The molecule has 0 atom stereocenters. The maximum atomic E-state index is 6.38. The molecule has 7 aromatic rings. The van der Waals surface area contributed by atoms with Gasteiger partial charge in [0, 0.05) is 35.0 Å². The predicted octanol–water partition coefficient (Wildman–Crippen LogP) is 9.52. The van der Waals surface area contributed by atoms with E-state index in [0.29, 0.717) is 24.7 Å². The third-order valence-corrected chi connectivity index (χ3v) is 8.08. The minimum absolute atomic E-state index is 0. The number of para-hydroxylation sites is 1. The van der Waals surface area contributed by atoms with Crippen molar-refractivity contribution in [3.8, 4) is 45.6 Å². The van der Waals surface area contributed by atoms with E-state index in [0.717, 1.165) is 55.9 Å². The molecule has 0 unspecified atom stereocenters. The van der Waals surface area contributed by atoms with Gasteiger partial charge in [-0.2, -0.15) is 17.2 Å². The Labute approximate surface area is 295 Å². The summed E-state index contributed by atoms with van der Waals surface area (Å²) >= 11 is 0. The van der Waals surface area contributed by atoms with Crippen molar-refractivity contribution in [2.45, 2.75) is 40.0 Å². The molecule has 0 N–H and O–H groups in total. The molecule has 48 heavy (non-hydrogen) atoms. The van der Waals surface area contributed by atoms with Crippen molar-refractivity contribution >= 4 is 21.8 Å². The van der Waals surface area contributed by atoms with Crippen LogP contribution in [0.15, 0.2) is 104 Å². The van der Waals surface area contributed by atoms with E-state index in [1.54, 1.807) is 4.68 Å². The molecule has 0 saturated carbocycles. The van der Waals surface area contributed by atoms with E-state index in [2.05, 4.69) is 85.0 Å². The molecule has 7 rings (SSSR count). The number of fused-ring (bicyclic) bond motifs is 3. The number of ether oxygens (including phenoxy) is 3. The summed E-state index contributed by atoms with van der Waals surface area (Å²) in [6.07, 6.45) is 5.64. The fourth-order valence-electron chi connectivity index (χ4n) is 5.86. The summed E-state index contributed by atoms with van der Waals surface area (Å²) in [5, 5.41) is 6.86. The SMILES string of the molecule is CCOc1cccc(OCC)c1-c1cnn(-c2[c-]c(Oc3[c-]c4c(cc3)c3ccccc3n4-c3cc(C(C)(C)C)ccn3)ccc2)c1.[Pt+2]. The molecule has 0 spiro atoms. The third-order valence-electron chi connectivity index (χ3n) is 8.08. The second-order valence-electron chi connectivity index (χ2n) is 12.3. The smallest absolute Gasteiger partial charge is 0.509 e. The monoisotopic (exact) mass is 815 g/mol. The fraction of sp³-hybridized carbons (Fsp3) is 0.200. The molecule has 3 aromatic heterocycles. The van der Waals surface area contributed by atoms with Gasteiger partial charge < -0.3 is 18.8 Å². The standard InChI is InChI=1S/C40H36N4O3.Pt/c1-6-45-36-16-11-17-37(46-7-2)39(36)27-25-42-43(26-27)29-12-10-13-30(23-29)47-31-18-19-33-32-14-8-9-15-34(32)44(35(33)24-31)38-22-28(20-21-41-38)40(3,4)5;/h8-22,25-26H,6-7H2,1-5H3;/q-2;+2. The molecule has 0 radical (unpaired) electrons. The van der Waals surface area contributed by atoms with E-state index in [1.165, 1.54) is 5.56 Å². The van der Waals surface area contributed by atoms with Gasteiger partial charge in [-0.3, -0.25) is 4.68 Å². The minimum Gasteiger partial charge on any atom is -0.509 e. The summed E-state index contributed by atoms with van der Waals surface area (Å²) in [4.78, 5) is 4.78. The summed E-state index contributed by atoms with van der Waals surface area (Å²) in [7, 11) is 0. The van der Waals surface area contributed by atoms with Gasteiger partial charge in [0.05, 0.1) is 25.0 Å². The van der Waals surface area contributed by atoms with Gasteiger partial charge in [-0.05, 0) is 66.2 Å². The Morgan fingerprint density at radius 3 is 2.25 bits per heavy atom. The number of nitrogens with zero attached hydrogens (tertiary/aromatic N) is 4. The Morgan fingerprint density at radius 1 is 0.771 bits per heavy atom. The van der Waals surface area contributed by atoms with E-state index in [9.17, 15) is 0 Å². The molecule has 0 aliphatic heterocycles. The first kappa shape index (κ1) is 33.0. The molecule has 0 bridgehead atoms. The number of aromatic nitrogens is 4. The molecular formula is C40H36N4O3Pt. The zero-order chi connectivity index (χ0) is 32.5. The van der Waals surface area contributed by atoms with Crippen molar-refractivity contribution in [3.63, 3.8) is 0 Å². The van der Waals surface area contributed by atoms with Gasteiger partial charge in [0.1, 0.15) is 17.3 Å². The van der Waals surface area contributed by atoms with Crippen LogP contribution >= 0.6 is 0 Å². The summed E-state index contributed by atoms with van der Waals surface area (Å²) in [5.41, 5.74) is 5.65. The van der Waals surface area contributed by atoms with Gasteiger partial charge in [0.25, 0.3) is 0 Å². The Kier molecular flexibility index (Phi) is 9.43. The number of benzene rings is 4. The molecular weight excluding hydrogens is 780 g/mol. The average molecular weight is 816 g/mol. The van der Waals surface area contributed by atoms with Crippen LogP contribution in [0.4, 0.5) is 0 Å². The number of hydrogen-bond donors (Lipinski definition) is 0. The van der Waals surface area contributed by atoms with Crippen molar-refractivity contribution in [2.75, 3.05) is 13.2 Å². The maximum absolute atomic E-state index is 6.38. The molecule has 244 valence electrons. The summed E-state index contributed by atoms with van der Waals surface area (Å²) in [5.74, 6) is 3.48. The Balaban J connectivity index is 0.00000401.